The van der Waals surface area contributed by atoms with E-state index in [0.29, 0.717) is 0 Å². The average molecular weight is 198 g/mol. The second kappa shape index (κ2) is 6.82. The van der Waals surface area contributed by atoms with Crippen molar-refractivity contribution >= 4 is 5.91 Å². The van der Waals surface area contributed by atoms with Gasteiger partial charge in [0.2, 0.25) is 5.91 Å². The van der Waals surface area contributed by atoms with Crippen LogP contribution in [0.4, 0.5) is 0 Å². The van der Waals surface area contributed by atoms with Crippen LogP contribution < -0.4 is 10.6 Å². The van der Waals surface area contributed by atoms with Gasteiger partial charge in [0.15, 0.2) is 0 Å². The third kappa shape index (κ3) is 4.09. The van der Waals surface area contributed by atoms with Crippen LogP contribution in [0.1, 0.15) is 39.0 Å². The summed E-state index contributed by atoms with van der Waals surface area (Å²) in [6.45, 7) is 4.95. The molecule has 1 heterocycles. The van der Waals surface area contributed by atoms with Crippen LogP contribution in [0.25, 0.3) is 0 Å². The molecule has 1 aliphatic rings. The third-order valence-electron chi connectivity index (χ3n) is 2.75. The molecule has 1 saturated heterocycles. The maximum absolute atomic E-state index is 11.6. The van der Waals surface area contributed by atoms with Gasteiger partial charge in [0.05, 0.1) is 5.92 Å². The number of hydrogen-bond donors (Lipinski definition) is 2. The van der Waals surface area contributed by atoms with Crippen LogP contribution in [0.2, 0.25) is 0 Å². The minimum atomic E-state index is 0.213. The van der Waals surface area contributed by atoms with Crippen LogP contribution in [0.3, 0.4) is 0 Å². The van der Waals surface area contributed by atoms with Gasteiger partial charge >= 0.3 is 0 Å². The van der Waals surface area contributed by atoms with E-state index in [9.17, 15) is 4.79 Å². The van der Waals surface area contributed by atoms with Crippen LogP contribution in [0.5, 0.6) is 0 Å². The first-order chi connectivity index (χ1) is 6.84. The van der Waals surface area contributed by atoms with Gasteiger partial charge < -0.3 is 10.6 Å². The Kier molecular flexibility index (Phi) is 5.60. The molecule has 0 radical (unpaired) electrons. The summed E-state index contributed by atoms with van der Waals surface area (Å²) < 4.78 is 0. The summed E-state index contributed by atoms with van der Waals surface area (Å²) >= 11 is 0. The quantitative estimate of drug-likeness (QED) is 0.654. The third-order valence-corrected chi connectivity index (χ3v) is 2.75. The second-order valence-corrected chi connectivity index (χ2v) is 4.04. The Labute approximate surface area is 86.6 Å². The Morgan fingerprint density at radius 1 is 1.50 bits per heavy atom. The molecule has 0 saturated carbocycles. The fourth-order valence-corrected chi connectivity index (χ4v) is 1.81. The van der Waals surface area contributed by atoms with Gasteiger partial charge in [0, 0.05) is 13.1 Å². The molecule has 1 aliphatic heterocycles. The van der Waals surface area contributed by atoms with Crippen molar-refractivity contribution in [2.45, 2.75) is 39.0 Å². The normalized spacial score (nSPS) is 21.9. The molecule has 0 spiro atoms. The second-order valence-electron chi connectivity index (χ2n) is 4.04. The Balaban J connectivity index is 2.07. The number of amides is 1. The lowest BCUT2D eigenvalue weighted by Gasteiger charge is -2.21. The van der Waals surface area contributed by atoms with E-state index in [1.807, 2.05) is 0 Å². The molecule has 82 valence electrons. The van der Waals surface area contributed by atoms with Gasteiger partial charge in [0.1, 0.15) is 0 Å². The van der Waals surface area contributed by atoms with E-state index in [2.05, 4.69) is 17.6 Å². The molecule has 0 bridgehead atoms. The summed E-state index contributed by atoms with van der Waals surface area (Å²) in [4.78, 5) is 11.6. The fourth-order valence-electron chi connectivity index (χ4n) is 1.81. The highest BCUT2D eigenvalue weighted by Gasteiger charge is 2.19. The summed E-state index contributed by atoms with van der Waals surface area (Å²) in [5, 5.41) is 6.26. The minimum absolute atomic E-state index is 0.213. The zero-order valence-electron chi connectivity index (χ0n) is 9.14. The standard InChI is InChI=1S/C11H22N2O/c1-2-3-4-8-13-11(14)10-6-5-7-12-9-10/h10,12H,2-9H2,1H3,(H,13,14)/t10-/m0/s1. The molecule has 3 heteroatoms. The minimum Gasteiger partial charge on any atom is -0.356 e. The van der Waals surface area contributed by atoms with Crippen LogP contribution in [0.15, 0.2) is 0 Å². The predicted octanol–water partition coefficient (Wildman–Crippen LogP) is 1.29. The zero-order chi connectivity index (χ0) is 10.2. The highest BCUT2D eigenvalue weighted by atomic mass is 16.1. The number of carbonyl (C=O) groups is 1. The van der Waals surface area contributed by atoms with Gasteiger partial charge in [-0.1, -0.05) is 19.8 Å². The highest BCUT2D eigenvalue weighted by Crippen LogP contribution is 2.09. The zero-order valence-corrected chi connectivity index (χ0v) is 9.14. The van der Waals surface area contributed by atoms with Gasteiger partial charge in [-0.05, 0) is 25.8 Å². The van der Waals surface area contributed by atoms with Gasteiger partial charge in [-0.15, -0.1) is 0 Å². The van der Waals surface area contributed by atoms with Crippen molar-refractivity contribution in [3.8, 4) is 0 Å². The lowest BCUT2D eigenvalue weighted by atomic mass is 9.99. The van der Waals surface area contributed by atoms with Crippen molar-refractivity contribution in [2.24, 2.45) is 5.92 Å². The van der Waals surface area contributed by atoms with E-state index < -0.39 is 0 Å². The Hall–Kier alpha value is -0.570. The molecule has 0 unspecified atom stereocenters. The summed E-state index contributed by atoms with van der Waals surface area (Å²) in [5.41, 5.74) is 0. The Morgan fingerprint density at radius 2 is 2.36 bits per heavy atom. The Morgan fingerprint density at radius 3 is 3.00 bits per heavy atom. The van der Waals surface area contributed by atoms with Gasteiger partial charge in [0.25, 0.3) is 0 Å². The molecule has 0 aromatic carbocycles. The maximum atomic E-state index is 11.6. The number of unbranched alkanes of at least 4 members (excludes halogenated alkanes) is 2. The van der Waals surface area contributed by atoms with Crippen LogP contribution >= 0.6 is 0 Å². The van der Waals surface area contributed by atoms with Crippen LogP contribution in [-0.2, 0) is 4.79 Å². The molecular weight excluding hydrogens is 176 g/mol. The molecule has 0 aromatic rings. The van der Waals surface area contributed by atoms with Gasteiger partial charge in [-0.25, -0.2) is 0 Å². The Bertz CT molecular complexity index is 165. The largest absolute Gasteiger partial charge is 0.356 e. The summed E-state index contributed by atoms with van der Waals surface area (Å²) in [6.07, 6.45) is 5.71. The SMILES string of the molecule is CCCCCNC(=O)[C@H]1CCCNC1. The molecule has 1 amide bonds. The molecule has 2 N–H and O–H groups in total. The van der Waals surface area contributed by atoms with E-state index in [0.717, 1.165) is 38.9 Å². The lowest BCUT2D eigenvalue weighted by Crippen LogP contribution is -2.40. The fraction of sp³-hybridized carbons (Fsp3) is 0.909. The average Bonchev–Trinajstić information content (AvgIpc) is 2.25. The summed E-state index contributed by atoms with van der Waals surface area (Å²) in [5.74, 6) is 0.457. The van der Waals surface area contributed by atoms with Crippen LogP contribution in [-0.4, -0.2) is 25.5 Å². The van der Waals surface area contributed by atoms with E-state index in [-0.39, 0.29) is 11.8 Å². The first-order valence-electron chi connectivity index (χ1n) is 5.83. The molecular formula is C11H22N2O. The lowest BCUT2D eigenvalue weighted by molar-refractivity contribution is -0.125. The van der Waals surface area contributed by atoms with Crippen LogP contribution in [0, 0.1) is 5.92 Å². The summed E-state index contributed by atoms with van der Waals surface area (Å²) in [6, 6.07) is 0. The predicted molar refractivity (Wildman–Crippen MR) is 58.1 cm³/mol. The van der Waals surface area contributed by atoms with Gasteiger partial charge in [-0.3, -0.25) is 4.79 Å². The van der Waals surface area contributed by atoms with Crippen molar-refractivity contribution in [3.63, 3.8) is 0 Å². The van der Waals surface area contributed by atoms with Gasteiger partial charge in [-0.2, -0.15) is 0 Å². The first kappa shape index (κ1) is 11.5. The highest BCUT2D eigenvalue weighted by molar-refractivity contribution is 5.78. The van der Waals surface area contributed by atoms with E-state index in [4.69, 9.17) is 0 Å². The van der Waals surface area contributed by atoms with Crippen molar-refractivity contribution in [1.29, 1.82) is 0 Å². The molecule has 0 aliphatic carbocycles. The number of piperidine rings is 1. The number of carbonyl (C=O) groups excluding carboxylic acids is 1. The summed E-state index contributed by atoms with van der Waals surface area (Å²) in [7, 11) is 0. The number of rotatable bonds is 5. The van der Waals surface area contributed by atoms with E-state index in [1.165, 1.54) is 12.8 Å². The van der Waals surface area contributed by atoms with Crippen molar-refractivity contribution in [2.75, 3.05) is 19.6 Å². The van der Waals surface area contributed by atoms with Crippen molar-refractivity contribution < 1.29 is 4.79 Å². The monoisotopic (exact) mass is 198 g/mol. The molecule has 1 rings (SSSR count). The smallest absolute Gasteiger partial charge is 0.224 e. The molecule has 1 atom stereocenters. The number of nitrogens with one attached hydrogen (secondary N) is 2. The molecule has 0 aromatic heterocycles. The first-order valence-corrected chi connectivity index (χ1v) is 5.83. The molecule has 3 nitrogen and oxygen atoms in total. The molecule has 14 heavy (non-hydrogen) atoms. The number of hydrogen-bond acceptors (Lipinski definition) is 2. The maximum Gasteiger partial charge on any atom is 0.224 e. The van der Waals surface area contributed by atoms with E-state index >= 15 is 0 Å². The van der Waals surface area contributed by atoms with Crippen molar-refractivity contribution in [3.05, 3.63) is 0 Å². The topological polar surface area (TPSA) is 41.1 Å². The molecule has 1 fully saturated rings. The van der Waals surface area contributed by atoms with Crippen molar-refractivity contribution in [1.82, 2.24) is 10.6 Å². The van der Waals surface area contributed by atoms with E-state index in [1.54, 1.807) is 0 Å².